The van der Waals surface area contributed by atoms with Gasteiger partial charge in [0.2, 0.25) is 0 Å². The summed E-state index contributed by atoms with van der Waals surface area (Å²) in [5.41, 5.74) is 0.814. The molecule has 8 heteroatoms. The van der Waals surface area contributed by atoms with Crippen LogP contribution in [-0.4, -0.2) is 57.0 Å². The van der Waals surface area contributed by atoms with Gasteiger partial charge in [0.05, 0.1) is 6.54 Å². The maximum absolute atomic E-state index is 11.7. The number of rotatable bonds is 7. The second-order valence-electron chi connectivity index (χ2n) is 8.31. The van der Waals surface area contributed by atoms with Gasteiger partial charge in [0.1, 0.15) is 5.60 Å². The Hall–Kier alpha value is -1.55. The minimum absolute atomic E-state index is 0. The molecule has 0 radical (unpaired) electrons. The lowest BCUT2D eigenvalue weighted by atomic mass is 9.74. The van der Waals surface area contributed by atoms with Gasteiger partial charge in [-0.15, -0.1) is 24.0 Å². The van der Waals surface area contributed by atoms with Gasteiger partial charge in [-0.05, 0) is 46.1 Å². The van der Waals surface area contributed by atoms with Crippen LogP contribution < -0.4 is 16.0 Å². The standard InChI is InChI=1S/C22H36N4O3.HI/c1-5-23-19(24-13-14-25-20(27)29-21(2,3)4)26-17-22(11-15-28-16-12-22)18-9-7-6-8-10-18;/h6-10H,5,11-17H2,1-4H3,(H,25,27)(H2,23,24,26);1H. The summed E-state index contributed by atoms with van der Waals surface area (Å²) in [7, 11) is 0. The van der Waals surface area contributed by atoms with E-state index in [0.717, 1.165) is 38.6 Å². The molecule has 1 aromatic rings. The third-order valence-corrected chi connectivity index (χ3v) is 4.81. The number of carbonyl (C=O) groups is 1. The molecule has 0 saturated carbocycles. The van der Waals surface area contributed by atoms with Crippen molar-refractivity contribution in [1.82, 2.24) is 16.0 Å². The molecule has 1 aliphatic heterocycles. The monoisotopic (exact) mass is 532 g/mol. The molecule has 0 atom stereocenters. The topological polar surface area (TPSA) is 84.0 Å². The number of carbonyl (C=O) groups excluding carboxylic acids is 1. The molecular weight excluding hydrogens is 495 g/mol. The Balaban J connectivity index is 0.00000450. The number of nitrogens with one attached hydrogen (secondary N) is 3. The molecule has 170 valence electrons. The lowest BCUT2D eigenvalue weighted by Gasteiger charge is -2.36. The van der Waals surface area contributed by atoms with Crippen molar-refractivity contribution in [3.05, 3.63) is 35.9 Å². The van der Waals surface area contributed by atoms with Crippen molar-refractivity contribution < 1.29 is 14.3 Å². The zero-order valence-corrected chi connectivity index (χ0v) is 21.0. The number of nitrogens with zero attached hydrogens (tertiary/aromatic N) is 1. The molecule has 0 aliphatic carbocycles. The second-order valence-corrected chi connectivity index (χ2v) is 8.31. The summed E-state index contributed by atoms with van der Waals surface area (Å²) in [5, 5.41) is 9.32. The first-order valence-corrected chi connectivity index (χ1v) is 10.5. The number of halogens is 1. The predicted octanol–water partition coefficient (Wildman–Crippen LogP) is 3.43. The summed E-state index contributed by atoms with van der Waals surface area (Å²) >= 11 is 0. The third kappa shape index (κ3) is 9.07. The normalized spacial score (nSPS) is 16.2. The molecule has 1 aliphatic rings. The SMILES string of the molecule is CCNC(=NCC1(c2ccccc2)CCOCC1)NCCNC(=O)OC(C)(C)C.I. The zero-order valence-electron chi connectivity index (χ0n) is 18.6. The number of benzene rings is 1. The van der Waals surface area contributed by atoms with Crippen LogP contribution in [0, 0.1) is 0 Å². The van der Waals surface area contributed by atoms with Crippen molar-refractivity contribution in [1.29, 1.82) is 0 Å². The predicted molar refractivity (Wildman–Crippen MR) is 132 cm³/mol. The Morgan fingerprint density at radius 3 is 2.33 bits per heavy atom. The van der Waals surface area contributed by atoms with Gasteiger partial charge in [-0.25, -0.2) is 4.79 Å². The molecule has 1 amide bonds. The van der Waals surface area contributed by atoms with E-state index in [2.05, 4.69) is 40.2 Å². The van der Waals surface area contributed by atoms with Gasteiger partial charge in [-0.3, -0.25) is 4.99 Å². The van der Waals surface area contributed by atoms with Crippen molar-refractivity contribution in [3.63, 3.8) is 0 Å². The van der Waals surface area contributed by atoms with Gasteiger partial charge in [-0.1, -0.05) is 30.3 Å². The Labute approximate surface area is 197 Å². The van der Waals surface area contributed by atoms with Crippen LogP contribution in [0.15, 0.2) is 35.3 Å². The number of aliphatic imine (C=N–C) groups is 1. The molecule has 0 bridgehead atoms. The van der Waals surface area contributed by atoms with E-state index < -0.39 is 11.7 Å². The van der Waals surface area contributed by atoms with Crippen molar-refractivity contribution in [2.45, 2.75) is 51.6 Å². The smallest absolute Gasteiger partial charge is 0.407 e. The average molecular weight is 532 g/mol. The van der Waals surface area contributed by atoms with Crippen molar-refractivity contribution in [3.8, 4) is 0 Å². The van der Waals surface area contributed by atoms with E-state index >= 15 is 0 Å². The number of guanidine groups is 1. The highest BCUT2D eigenvalue weighted by molar-refractivity contribution is 14.0. The molecule has 0 aromatic heterocycles. The van der Waals surface area contributed by atoms with Crippen LogP contribution in [0.5, 0.6) is 0 Å². The summed E-state index contributed by atoms with van der Waals surface area (Å²) in [6.07, 6.45) is 1.51. The molecule has 1 heterocycles. The minimum Gasteiger partial charge on any atom is -0.444 e. The Morgan fingerprint density at radius 1 is 1.10 bits per heavy atom. The first-order chi connectivity index (χ1) is 13.8. The largest absolute Gasteiger partial charge is 0.444 e. The summed E-state index contributed by atoms with van der Waals surface area (Å²) in [4.78, 5) is 16.6. The molecule has 1 fully saturated rings. The molecule has 30 heavy (non-hydrogen) atoms. The molecule has 1 aromatic carbocycles. The van der Waals surface area contributed by atoms with E-state index in [9.17, 15) is 4.79 Å². The fourth-order valence-corrected chi connectivity index (χ4v) is 3.32. The summed E-state index contributed by atoms with van der Waals surface area (Å²) in [6, 6.07) is 10.6. The van der Waals surface area contributed by atoms with E-state index in [1.165, 1.54) is 5.56 Å². The van der Waals surface area contributed by atoms with Crippen LogP contribution >= 0.6 is 24.0 Å². The minimum atomic E-state index is -0.497. The van der Waals surface area contributed by atoms with Crippen molar-refractivity contribution in [2.24, 2.45) is 4.99 Å². The molecule has 1 saturated heterocycles. The van der Waals surface area contributed by atoms with Gasteiger partial charge >= 0.3 is 6.09 Å². The second kappa shape index (κ2) is 13.0. The molecular formula is C22H37IN4O3. The van der Waals surface area contributed by atoms with Crippen LogP contribution in [0.2, 0.25) is 0 Å². The van der Waals surface area contributed by atoms with Gasteiger partial charge in [-0.2, -0.15) is 0 Å². The van der Waals surface area contributed by atoms with Crippen LogP contribution in [0.3, 0.4) is 0 Å². The molecule has 0 spiro atoms. The number of hydrogen-bond acceptors (Lipinski definition) is 4. The van der Waals surface area contributed by atoms with Gasteiger partial charge < -0.3 is 25.4 Å². The number of amides is 1. The van der Waals surface area contributed by atoms with Gasteiger partial charge in [0.15, 0.2) is 5.96 Å². The Kier molecular flexibility index (Phi) is 11.5. The van der Waals surface area contributed by atoms with E-state index in [-0.39, 0.29) is 29.4 Å². The average Bonchev–Trinajstić information content (AvgIpc) is 2.69. The summed E-state index contributed by atoms with van der Waals surface area (Å²) in [5.74, 6) is 0.750. The van der Waals surface area contributed by atoms with E-state index in [0.29, 0.717) is 19.6 Å². The maximum atomic E-state index is 11.7. The number of hydrogen-bond donors (Lipinski definition) is 3. The lowest BCUT2D eigenvalue weighted by Crippen LogP contribution is -2.44. The van der Waals surface area contributed by atoms with Crippen LogP contribution in [0.25, 0.3) is 0 Å². The maximum Gasteiger partial charge on any atom is 0.407 e. The molecule has 0 unspecified atom stereocenters. The van der Waals surface area contributed by atoms with Crippen molar-refractivity contribution in [2.75, 3.05) is 39.4 Å². The number of ether oxygens (including phenoxy) is 2. The van der Waals surface area contributed by atoms with Crippen molar-refractivity contribution >= 4 is 36.0 Å². The fraction of sp³-hybridized carbons (Fsp3) is 0.636. The highest BCUT2D eigenvalue weighted by atomic mass is 127. The van der Waals surface area contributed by atoms with Gasteiger partial charge in [0, 0.05) is 38.3 Å². The zero-order chi connectivity index (χ0) is 21.2. The quantitative estimate of drug-likeness (QED) is 0.217. The Bertz CT molecular complexity index is 656. The first-order valence-electron chi connectivity index (χ1n) is 10.5. The molecule has 7 nitrogen and oxygen atoms in total. The highest BCUT2D eigenvalue weighted by Gasteiger charge is 2.34. The van der Waals surface area contributed by atoms with Gasteiger partial charge in [0.25, 0.3) is 0 Å². The molecule has 3 N–H and O–H groups in total. The Morgan fingerprint density at radius 2 is 1.73 bits per heavy atom. The third-order valence-electron chi connectivity index (χ3n) is 4.81. The van der Waals surface area contributed by atoms with E-state index in [1.807, 2.05) is 33.8 Å². The van der Waals surface area contributed by atoms with Crippen LogP contribution in [0.1, 0.15) is 46.1 Å². The summed E-state index contributed by atoms with van der Waals surface area (Å²) in [6.45, 7) is 11.6. The lowest BCUT2D eigenvalue weighted by molar-refractivity contribution is 0.0527. The molecule has 2 rings (SSSR count). The van der Waals surface area contributed by atoms with E-state index in [4.69, 9.17) is 14.5 Å². The highest BCUT2D eigenvalue weighted by Crippen LogP contribution is 2.35. The first kappa shape index (κ1) is 26.5. The van der Waals surface area contributed by atoms with Crippen LogP contribution in [0.4, 0.5) is 4.79 Å². The van der Waals surface area contributed by atoms with Crippen LogP contribution in [-0.2, 0) is 14.9 Å². The van der Waals surface area contributed by atoms with E-state index in [1.54, 1.807) is 0 Å². The fourth-order valence-electron chi connectivity index (χ4n) is 3.32. The number of alkyl carbamates (subject to hydrolysis) is 1. The summed E-state index contributed by atoms with van der Waals surface area (Å²) < 4.78 is 10.9.